The van der Waals surface area contributed by atoms with Crippen molar-refractivity contribution in [1.29, 1.82) is 0 Å². The van der Waals surface area contributed by atoms with Crippen molar-refractivity contribution in [2.75, 3.05) is 13.1 Å². The van der Waals surface area contributed by atoms with Gasteiger partial charge in [0, 0.05) is 23.0 Å². The Labute approximate surface area is 153 Å². The largest absolute Gasteiger partial charge is 0.353 e. The second kappa shape index (κ2) is 7.17. The van der Waals surface area contributed by atoms with Gasteiger partial charge in [-0.05, 0) is 74.7 Å². The number of hydrogen-bond acceptors (Lipinski definition) is 2. The summed E-state index contributed by atoms with van der Waals surface area (Å²) in [7, 11) is 0. The lowest BCUT2D eigenvalue weighted by molar-refractivity contribution is -0.127. The van der Waals surface area contributed by atoms with Crippen LogP contribution in [0.5, 0.6) is 0 Å². The van der Waals surface area contributed by atoms with Gasteiger partial charge in [0.2, 0.25) is 5.91 Å². The van der Waals surface area contributed by atoms with Crippen LogP contribution in [0.1, 0.15) is 44.1 Å². The molecule has 4 rings (SSSR count). The molecule has 2 bridgehead atoms. The summed E-state index contributed by atoms with van der Waals surface area (Å²) in [5, 5.41) is 3.39. The summed E-state index contributed by atoms with van der Waals surface area (Å²) >= 11 is 3.48. The summed E-state index contributed by atoms with van der Waals surface area (Å²) in [5.74, 6) is 2.23. The average molecular weight is 391 g/mol. The predicted octanol–water partition coefficient (Wildman–Crippen LogP) is 3.97. The fourth-order valence-electron chi connectivity index (χ4n) is 4.92. The second-order valence-corrected chi connectivity index (χ2v) is 8.88. The molecule has 3 aliphatic rings. The van der Waals surface area contributed by atoms with Crippen molar-refractivity contribution in [3.05, 3.63) is 34.3 Å². The maximum atomic E-state index is 12.6. The van der Waals surface area contributed by atoms with Crippen molar-refractivity contribution in [3.8, 4) is 0 Å². The van der Waals surface area contributed by atoms with E-state index in [4.69, 9.17) is 0 Å². The molecule has 1 N–H and O–H groups in total. The number of piperidine rings is 1. The molecule has 0 spiro atoms. The van der Waals surface area contributed by atoms with E-state index in [2.05, 4.69) is 50.4 Å². The smallest absolute Gasteiger partial charge is 0.223 e. The lowest BCUT2D eigenvalue weighted by atomic mass is 9.92. The Morgan fingerprint density at radius 1 is 1.08 bits per heavy atom. The molecule has 3 atom stereocenters. The monoisotopic (exact) mass is 390 g/mol. The van der Waals surface area contributed by atoms with Gasteiger partial charge in [0.15, 0.2) is 0 Å². The zero-order valence-electron chi connectivity index (χ0n) is 14.2. The fraction of sp³-hybridized carbons (Fsp3) is 0.650. The molecule has 0 aromatic heterocycles. The Kier molecular flexibility index (Phi) is 4.95. The third-order valence-corrected chi connectivity index (χ3v) is 6.87. The molecule has 24 heavy (non-hydrogen) atoms. The number of halogens is 1. The predicted molar refractivity (Wildman–Crippen MR) is 99.5 cm³/mol. The summed E-state index contributed by atoms with van der Waals surface area (Å²) in [6.07, 6.45) is 7.33. The third kappa shape index (κ3) is 3.70. The van der Waals surface area contributed by atoms with Gasteiger partial charge in [-0.3, -0.25) is 9.69 Å². The Hall–Kier alpha value is -0.870. The van der Waals surface area contributed by atoms with Crippen LogP contribution >= 0.6 is 15.9 Å². The van der Waals surface area contributed by atoms with Crippen molar-refractivity contribution in [3.63, 3.8) is 0 Å². The van der Waals surface area contributed by atoms with Crippen LogP contribution < -0.4 is 5.32 Å². The minimum atomic E-state index is 0.227. The number of benzene rings is 1. The highest BCUT2D eigenvalue weighted by Gasteiger charge is 2.40. The first kappa shape index (κ1) is 16.6. The van der Waals surface area contributed by atoms with Gasteiger partial charge < -0.3 is 5.32 Å². The summed E-state index contributed by atoms with van der Waals surface area (Å²) in [6, 6.07) is 9.04. The third-order valence-electron chi connectivity index (χ3n) is 6.34. The van der Waals surface area contributed by atoms with Gasteiger partial charge in [0.05, 0.1) is 0 Å². The molecule has 1 amide bonds. The molecule has 1 aliphatic heterocycles. The second-order valence-electron chi connectivity index (χ2n) is 7.97. The Bertz CT molecular complexity index is 580. The molecule has 3 nitrogen and oxygen atoms in total. The highest BCUT2D eigenvalue weighted by molar-refractivity contribution is 9.10. The topological polar surface area (TPSA) is 32.3 Å². The highest BCUT2D eigenvalue weighted by Crippen LogP contribution is 2.44. The SMILES string of the molecule is O=C(NC1CC2CCC1C2)C1CCN(Cc2ccc(Br)cc2)CC1. The Morgan fingerprint density at radius 3 is 2.46 bits per heavy atom. The Morgan fingerprint density at radius 2 is 1.83 bits per heavy atom. The van der Waals surface area contributed by atoms with E-state index in [0.717, 1.165) is 48.8 Å². The summed E-state index contributed by atoms with van der Waals surface area (Å²) < 4.78 is 1.13. The van der Waals surface area contributed by atoms with E-state index in [0.29, 0.717) is 11.9 Å². The molecule has 4 heteroatoms. The highest BCUT2D eigenvalue weighted by atomic mass is 79.9. The average Bonchev–Trinajstić information content (AvgIpc) is 3.20. The molecule has 2 saturated carbocycles. The number of fused-ring (bicyclic) bond motifs is 2. The summed E-state index contributed by atoms with van der Waals surface area (Å²) in [5.41, 5.74) is 1.35. The maximum Gasteiger partial charge on any atom is 0.223 e. The molecule has 2 aliphatic carbocycles. The van der Waals surface area contributed by atoms with Crippen molar-refractivity contribution in [2.45, 2.75) is 51.1 Å². The standard InChI is InChI=1S/C20H27BrN2O/c21-18-5-2-14(3-6-18)13-23-9-7-16(8-10-23)20(24)22-19-12-15-1-4-17(19)11-15/h2-3,5-6,15-17,19H,1,4,7-13H2,(H,22,24). The van der Waals surface area contributed by atoms with E-state index in [1.165, 1.54) is 31.2 Å². The van der Waals surface area contributed by atoms with Crippen LogP contribution in [0.4, 0.5) is 0 Å². The van der Waals surface area contributed by atoms with Gasteiger partial charge in [0.1, 0.15) is 0 Å². The van der Waals surface area contributed by atoms with Crippen molar-refractivity contribution in [2.24, 2.45) is 17.8 Å². The van der Waals surface area contributed by atoms with E-state index in [1.54, 1.807) is 0 Å². The fourth-order valence-corrected chi connectivity index (χ4v) is 5.19. The number of nitrogens with one attached hydrogen (secondary N) is 1. The van der Waals surface area contributed by atoms with Gasteiger partial charge in [-0.25, -0.2) is 0 Å². The minimum absolute atomic E-state index is 0.227. The number of carbonyl (C=O) groups is 1. The molecular weight excluding hydrogens is 364 g/mol. The van der Waals surface area contributed by atoms with Crippen LogP contribution in [0.25, 0.3) is 0 Å². The lowest BCUT2D eigenvalue weighted by Crippen LogP contribution is -2.45. The van der Waals surface area contributed by atoms with Gasteiger partial charge in [-0.1, -0.05) is 34.5 Å². The quantitative estimate of drug-likeness (QED) is 0.843. The van der Waals surface area contributed by atoms with Crippen LogP contribution in [0.3, 0.4) is 0 Å². The molecule has 1 heterocycles. The van der Waals surface area contributed by atoms with Crippen LogP contribution in [-0.2, 0) is 11.3 Å². The molecule has 1 aromatic carbocycles. The summed E-state index contributed by atoms with van der Waals surface area (Å²) in [4.78, 5) is 15.1. The zero-order chi connectivity index (χ0) is 16.5. The molecule has 3 unspecified atom stereocenters. The number of amides is 1. The van der Waals surface area contributed by atoms with E-state index < -0.39 is 0 Å². The number of rotatable bonds is 4. The van der Waals surface area contributed by atoms with E-state index in [-0.39, 0.29) is 5.92 Å². The van der Waals surface area contributed by atoms with Crippen molar-refractivity contribution < 1.29 is 4.79 Å². The molecule has 0 radical (unpaired) electrons. The van der Waals surface area contributed by atoms with Gasteiger partial charge in [0.25, 0.3) is 0 Å². The van der Waals surface area contributed by atoms with Crippen molar-refractivity contribution in [1.82, 2.24) is 10.2 Å². The van der Waals surface area contributed by atoms with Crippen LogP contribution in [0, 0.1) is 17.8 Å². The first-order valence-corrected chi connectivity index (χ1v) is 10.2. The van der Waals surface area contributed by atoms with E-state index >= 15 is 0 Å². The Balaban J connectivity index is 1.23. The number of hydrogen-bond donors (Lipinski definition) is 1. The first-order chi connectivity index (χ1) is 11.7. The summed E-state index contributed by atoms with van der Waals surface area (Å²) in [6.45, 7) is 3.06. The van der Waals surface area contributed by atoms with Crippen LogP contribution in [0.2, 0.25) is 0 Å². The molecule has 1 saturated heterocycles. The van der Waals surface area contributed by atoms with E-state index in [1.807, 2.05) is 0 Å². The van der Waals surface area contributed by atoms with Gasteiger partial charge in [-0.15, -0.1) is 0 Å². The number of nitrogens with zero attached hydrogens (tertiary/aromatic N) is 1. The minimum Gasteiger partial charge on any atom is -0.353 e. The normalized spacial score (nSPS) is 30.6. The van der Waals surface area contributed by atoms with Crippen LogP contribution in [0.15, 0.2) is 28.7 Å². The molecule has 1 aromatic rings. The molecule has 3 fully saturated rings. The molecular formula is C20H27BrN2O. The number of likely N-dealkylation sites (tertiary alicyclic amines) is 1. The maximum absolute atomic E-state index is 12.6. The van der Waals surface area contributed by atoms with Gasteiger partial charge in [-0.2, -0.15) is 0 Å². The number of carbonyl (C=O) groups excluding carboxylic acids is 1. The van der Waals surface area contributed by atoms with Crippen molar-refractivity contribution >= 4 is 21.8 Å². The first-order valence-electron chi connectivity index (χ1n) is 9.44. The van der Waals surface area contributed by atoms with E-state index in [9.17, 15) is 4.79 Å². The van der Waals surface area contributed by atoms with Gasteiger partial charge >= 0.3 is 0 Å². The lowest BCUT2D eigenvalue weighted by Gasteiger charge is -2.32. The molecule has 130 valence electrons. The van der Waals surface area contributed by atoms with Crippen LogP contribution in [-0.4, -0.2) is 29.9 Å². The zero-order valence-corrected chi connectivity index (χ0v) is 15.8.